The molecule has 0 atom stereocenters. The van der Waals surface area contributed by atoms with Gasteiger partial charge in [-0.15, -0.1) is 0 Å². The van der Waals surface area contributed by atoms with Gasteiger partial charge in [-0.25, -0.2) is 9.59 Å². The summed E-state index contributed by atoms with van der Waals surface area (Å²) >= 11 is 0. The molecule has 0 fully saturated rings. The summed E-state index contributed by atoms with van der Waals surface area (Å²) < 4.78 is 25.5. The summed E-state index contributed by atoms with van der Waals surface area (Å²) in [6.45, 7) is 0.451. The summed E-state index contributed by atoms with van der Waals surface area (Å²) in [7, 11) is -8.51. The summed E-state index contributed by atoms with van der Waals surface area (Å²) in [6, 6.07) is 22.8. The van der Waals surface area contributed by atoms with Gasteiger partial charge in [0.15, 0.2) is 0 Å². The molecule has 13 heteroatoms. The molecule has 11 nitrogen and oxygen atoms in total. The number of carbonyl (C=O) groups is 2. The average Bonchev–Trinajstić information content (AvgIpc) is 3.18. The fraction of sp³-hybridized carbons (Fsp3) is 0.200. The molecule has 202 valence electrons. The lowest BCUT2D eigenvalue weighted by atomic mass is 9.98. The summed E-state index contributed by atoms with van der Waals surface area (Å²) in [5.41, 5.74) is 5.56. The van der Waals surface area contributed by atoms with Crippen LogP contribution in [0.5, 0.6) is 0 Å². The van der Waals surface area contributed by atoms with E-state index in [1.807, 2.05) is 24.3 Å². The normalized spacial score (nSPS) is 12.5. The Morgan fingerprint density at radius 3 is 1.82 bits per heavy atom. The lowest BCUT2D eigenvalue weighted by Gasteiger charge is -2.14. The second kappa shape index (κ2) is 12.5. The van der Waals surface area contributed by atoms with Gasteiger partial charge in [-0.2, -0.15) is 0 Å². The fourth-order valence-corrected chi connectivity index (χ4v) is 5.98. The highest BCUT2D eigenvalue weighted by atomic mass is 31.2. The van der Waals surface area contributed by atoms with E-state index in [0.717, 1.165) is 11.1 Å². The minimum absolute atomic E-state index is 0.00786. The Morgan fingerprint density at radius 1 is 0.789 bits per heavy atom. The number of alkyl carbamates (subject to hydrolysis) is 1. The highest BCUT2D eigenvalue weighted by molar-refractivity contribution is 7.56. The number of carboxylic acids is 1. The molecule has 0 heterocycles. The van der Waals surface area contributed by atoms with Crippen LogP contribution in [-0.4, -0.2) is 55.7 Å². The van der Waals surface area contributed by atoms with Crippen LogP contribution < -0.4 is 5.32 Å². The van der Waals surface area contributed by atoms with Crippen molar-refractivity contribution in [3.05, 3.63) is 95.1 Å². The number of carbonyl (C=O) groups excluding carboxylic acids is 1. The van der Waals surface area contributed by atoms with Crippen molar-refractivity contribution in [3.63, 3.8) is 0 Å². The quantitative estimate of drug-likeness (QED) is 0.220. The molecule has 0 saturated carbocycles. The minimum Gasteiger partial charge on any atom is -0.478 e. The molecule has 0 spiro atoms. The van der Waals surface area contributed by atoms with E-state index in [2.05, 4.69) is 29.6 Å². The second-order valence-corrected chi connectivity index (χ2v) is 12.0. The van der Waals surface area contributed by atoms with Gasteiger partial charge in [0.1, 0.15) is 6.61 Å². The van der Waals surface area contributed by atoms with Crippen LogP contribution in [0.2, 0.25) is 0 Å². The van der Waals surface area contributed by atoms with E-state index in [1.165, 1.54) is 23.3 Å². The maximum Gasteiger partial charge on any atom is 0.407 e. The largest absolute Gasteiger partial charge is 0.478 e. The molecule has 0 aromatic heterocycles. The Hall–Kier alpha value is -3.30. The Kier molecular flexibility index (Phi) is 9.62. The van der Waals surface area contributed by atoms with E-state index < -0.39 is 39.6 Å². The third-order valence-electron chi connectivity index (χ3n) is 5.64. The molecule has 1 aliphatic carbocycles. The highest BCUT2D eigenvalue weighted by Gasteiger charge is 2.29. The van der Waals surface area contributed by atoms with Crippen LogP contribution in [0.1, 0.15) is 33.0 Å². The Morgan fingerprint density at radius 2 is 1.32 bits per heavy atom. The fourth-order valence-electron chi connectivity index (χ4n) is 3.90. The van der Waals surface area contributed by atoms with Crippen LogP contribution in [0, 0.1) is 0 Å². The van der Waals surface area contributed by atoms with Crippen molar-refractivity contribution < 1.29 is 48.1 Å². The van der Waals surface area contributed by atoms with Crippen LogP contribution in [0.15, 0.2) is 72.8 Å². The van der Waals surface area contributed by atoms with Gasteiger partial charge in [0.05, 0.1) is 17.9 Å². The SMILES string of the molecule is O=C(NCc1cccc(C(=O)O)c1)OCC1c2ccccc2-c2ccccc21.O=P(O)(O)CCP(=O)(O)O. The van der Waals surface area contributed by atoms with Crippen molar-refractivity contribution in [2.45, 2.75) is 12.5 Å². The van der Waals surface area contributed by atoms with Crippen LogP contribution in [-0.2, 0) is 20.4 Å². The topological polar surface area (TPSA) is 191 Å². The van der Waals surface area contributed by atoms with Gasteiger partial charge >= 0.3 is 27.3 Å². The Bertz CT molecular complexity index is 1330. The molecule has 0 radical (unpaired) electrons. The molecule has 0 saturated heterocycles. The number of benzene rings is 3. The summed E-state index contributed by atoms with van der Waals surface area (Å²) in [4.78, 5) is 55.8. The Labute approximate surface area is 218 Å². The van der Waals surface area contributed by atoms with E-state index in [1.54, 1.807) is 12.1 Å². The van der Waals surface area contributed by atoms with Gasteiger partial charge in [0.25, 0.3) is 0 Å². The second-order valence-electron chi connectivity index (χ2n) is 8.46. The van der Waals surface area contributed by atoms with Crippen LogP contribution in [0.4, 0.5) is 4.79 Å². The zero-order valence-electron chi connectivity index (χ0n) is 20.0. The van der Waals surface area contributed by atoms with E-state index >= 15 is 0 Å². The molecule has 0 unspecified atom stereocenters. The first-order chi connectivity index (χ1) is 17.8. The maximum atomic E-state index is 12.2. The summed E-state index contributed by atoms with van der Waals surface area (Å²) in [6.07, 6.45) is -2.06. The summed E-state index contributed by atoms with van der Waals surface area (Å²) in [5, 5.41) is 11.7. The molecule has 4 rings (SSSR count). The lowest BCUT2D eigenvalue weighted by Crippen LogP contribution is -2.25. The predicted molar refractivity (Wildman–Crippen MR) is 139 cm³/mol. The molecule has 0 bridgehead atoms. The third kappa shape index (κ3) is 8.63. The molecule has 3 aromatic carbocycles. The van der Waals surface area contributed by atoms with Crippen LogP contribution in [0.25, 0.3) is 11.1 Å². The van der Waals surface area contributed by atoms with E-state index in [0.29, 0.717) is 5.56 Å². The number of aromatic carboxylic acids is 1. The number of hydrogen-bond donors (Lipinski definition) is 6. The molecular formula is C25H27NO10P2. The van der Waals surface area contributed by atoms with Gasteiger partial charge in [0, 0.05) is 12.5 Å². The monoisotopic (exact) mass is 563 g/mol. The maximum absolute atomic E-state index is 12.2. The molecule has 1 amide bonds. The number of carboxylic acid groups (broad SMARTS) is 1. The summed E-state index contributed by atoms with van der Waals surface area (Å²) in [5.74, 6) is -0.989. The average molecular weight is 563 g/mol. The van der Waals surface area contributed by atoms with Crippen molar-refractivity contribution in [1.82, 2.24) is 5.32 Å². The number of nitrogens with one attached hydrogen (secondary N) is 1. The molecule has 3 aromatic rings. The molecule has 6 N–H and O–H groups in total. The van der Waals surface area contributed by atoms with Crippen molar-refractivity contribution in [1.29, 1.82) is 0 Å². The number of ether oxygens (including phenoxy) is 1. The smallest absolute Gasteiger partial charge is 0.407 e. The zero-order valence-corrected chi connectivity index (χ0v) is 21.8. The molecular weight excluding hydrogens is 536 g/mol. The lowest BCUT2D eigenvalue weighted by molar-refractivity contribution is 0.0696. The standard InChI is InChI=1S/C23H19NO4.C2H8O6P2/c25-22(26)16-7-5-6-15(12-16)13-24-23(27)28-14-21-19-10-3-1-8-17(19)18-9-2-4-11-20(18)21;3-9(4,5)1-2-10(6,7)8/h1-12,21H,13-14H2,(H,24,27)(H,25,26);1-2H2,(H2,3,4,5)(H2,6,7,8). The number of rotatable bonds is 8. The molecule has 1 aliphatic rings. The van der Waals surface area contributed by atoms with Gasteiger partial charge in [0.2, 0.25) is 0 Å². The number of hydrogen-bond acceptors (Lipinski definition) is 5. The van der Waals surface area contributed by atoms with Gasteiger partial charge in [-0.05, 0) is 39.9 Å². The van der Waals surface area contributed by atoms with Gasteiger partial charge in [-0.3, -0.25) is 9.13 Å². The van der Waals surface area contributed by atoms with Crippen molar-refractivity contribution in [2.75, 3.05) is 18.9 Å². The van der Waals surface area contributed by atoms with Crippen LogP contribution >= 0.6 is 15.2 Å². The van der Waals surface area contributed by atoms with Gasteiger partial charge in [-0.1, -0.05) is 60.7 Å². The van der Waals surface area contributed by atoms with Crippen molar-refractivity contribution >= 4 is 27.3 Å². The first-order valence-corrected chi connectivity index (χ1v) is 14.9. The van der Waals surface area contributed by atoms with E-state index in [-0.39, 0.29) is 24.6 Å². The zero-order chi connectivity index (χ0) is 27.9. The van der Waals surface area contributed by atoms with Crippen LogP contribution in [0.3, 0.4) is 0 Å². The Balaban J connectivity index is 0.000000342. The first kappa shape index (κ1) is 29.3. The predicted octanol–water partition coefficient (Wildman–Crippen LogP) is 3.77. The highest BCUT2D eigenvalue weighted by Crippen LogP contribution is 2.44. The van der Waals surface area contributed by atoms with Crippen molar-refractivity contribution in [2.24, 2.45) is 0 Å². The first-order valence-electron chi connectivity index (χ1n) is 11.3. The number of amides is 1. The molecule has 38 heavy (non-hydrogen) atoms. The third-order valence-corrected chi connectivity index (χ3v) is 7.60. The number of fused-ring (bicyclic) bond motifs is 3. The molecule has 0 aliphatic heterocycles. The van der Waals surface area contributed by atoms with Crippen molar-refractivity contribution in [3.8, 4) is 11.1 Å². The van der Waals surface area contributed by atoms with E-state index in [4.69, 9.17) is 29.4 Å². The van der Waals surface area contributed by atoms with Gasteiger partial charge < -0.3 is 34.7 Å². The van der Waals surface area contributed by atoms with E-state index in [9.17, 15) is 18.7 Å². The minimum atomic E-state index is -4.25.